The molecule has 4 N–H and O–H groups in total. The summed E-state index contributed by atoms with van der Waals surface area (Å²) in [5.74, 6) is -0.749. The van der Waals surface area contributed by atoms with E-state index in [1.165, 1.54) is 12.1 Å². The van der Waals surface area contributed by atoms with Gasteiger partial charge >= 0.3 is 12.0 Å². The Kier molecular flexibility index (Phi) is 5.46. The number of nitrogens with one attached hydrogen (secondary N) is 2. The first-order valence-corrected chi connectivity index (χ1v) is 5.75. The summed E-state index contributed by atoms with van der Waals surface area (Å²) >= 11 is 0. The Labute approximate surface area is 110 Å². The van der Waals surface area contributed by atoms with E-state index in [1.54, 1.807) is 6.92 Å². The predicted molar refractivity (Wildman–Crippen MR) is 68.0 cm³/mol. The van der Waals surface area contributed by atoms with E-state index in [1.807, 2.05) is 0 Å². The number of anilines is 1. The summed E-state index contributed by atoms with van der Waals surface area (Å²) in [6.07, 6.45) is 0.0722. The summed E-state index contributed by atoms with van der Waals surface area (Å²) in [7, 11) is 0. The molecule has 0 saturated heterocycles. The van der Waals surface area contributed by atoms with E-state index in [9.17, 15) is 14.7 Å². The van der Waals surface area contributed by atoms with E-state index in [4.69, 9.17) is 9.84 Å². The first-order valence-electron chi connectivity index (χ1n) is 5.75. The number of aromatic hydroxyl groups is 2. The molecule has 104 valence electrons. The Hall–Kier alpha value is -2.44. The van der Waals surface area contributed by atoms with Gasteiger partial charge in [-0.25, -0.2) is 4.79 Å². The van der Waals surface area contributed by atoms with E-state index in [0.29, 0.717) is 6.61 Å². The van der Waals surface area contributed by atoms with Crippen molar-refractivity contribution in [3.63, 3.8) is 0 Å². The molecule has 1 aromatic carbocycles. The second-order valence-electron chi connectivity index (χ2n) is 3.64. The predicted octanol–water partition coefficient (Wildman–Crippen LogP) is 1.17. The number of carbonyl (C=O) groups is 2. The minimum absolute atomic E-state index is 0.0722. The lowest BCUT2D eigenvalue weighted by Crippen LogP contribution is -2.30. The highest BCUT2D eigenvalue weighted by atomic mass is 16.5. The van der Waals surface area contributed by atoms with Gasteiger partial charge in [0, 0.05) is 12.6 Å². The second-order valence-corrected chi connectivity index (χ2v) is 3.64. The van der Waals surface area contributed by atoms with Crippen LogP contribution in [0, 0.1) is 0 Å². The number of urea groups is 1. The van der Waals surface area contributed by atoms with Crippen molar-refractivity contribution in [3.05, 3.63) is 18.2 Å². The molecule has 0 saturated carbocycles. The van der Waals surface area contributed by atoms with Crippen LogP contribution in [0.3, 0.4) is 0 Å². The molecule has 0 heterocycles. The zero-order chi connectivity index (χ0) is 14.3. The van der Waals surface area contributed by atoms with Gasteiger partial charge in [0.05, 0.1) is 18.7 Å². The maximum atomic E-state index is 11.4. The van der Waals surface area contributed by atoms with Crippen molar-refractivity contribution < 1.29 is 24.5 Å². The van der Waals surface area contributed by atoms with E-state index in [2.05, 4.69) is 10.6 Å². The van der Waals surface area contributed by atoms with Crippen LogP contribution in [0.15, 0.2) is 18.2 Å². The van der Waals surface area contributed by atoms with Gasteiger partial charge in [-0.05, 0) is 19.1 Å². The summed E-state index contributed by atoms with van der Waals surface area (Å²) in [6.45, 7) is 2.13. The van der Waals surface area contributed by atoms with Gasteiger partial charge in [0.15, 0.2) is 0 Å². The lowest BCUT2D eigenvalue weighted by atomic mass is 10.3. The normalized spacial score (nSPS) is 9.74. The number of benzene rings is 1. The Morgan fingerprint density at radius 3 is 2.68 bits per heavy atom. The molecule has 1 aromatic rings. The lowest BCUT2D eigenvalue weighted by Gasteiger charge is -2.09. The van der Waals surface area contributed by atoms with E-state index >= 15 is 0 Å². The van der Waals surface area contributed by atoms with Crippen LogP contribution in [-0.4, -0.2) is 35.4 Å². The summed E-state index contributed by atoms with van der Waals surface area (Å²) in [5, 5.41) is 23.3. The van der Waals surface area contributed by atoms with Gasteiger partial charge in [0.1, 0.15) is 11.5 Å². The zero-order valence-corrected chi connectivity index (χ0v) is 10.5. The fourth-order valence-electron chi connectivity index (χ4n) is 1.30. The molecule has 0 bridgehead atoms. The fraction of sp³-hybridized carbons (Fsp3) is 0.333. The van der Waals surface area contributed by atoms with Gasteiger partial charge in [-0.3, -0.25) is 4.79 Å². The highest BCUT2D eigenvalue weighted by Gasteiger charge is 2.07. The van der Waals surface area contributed by atoms with Crippen LogP contribution in [0.4, 0.5) is 10.5 Å². The third-order valence-electron chi connectivity index (χ3n) is 2.15. The number of phenolic OH excluding ortho intramolecular Hbond substituents is 2. The highest BCUT2D eigenvalue weighted by molar-refractivity contribution is 5.91. The van der Waals surface area contributed by atoms with E-state index < -0.39 is 12.0 Å². The molecule has 0 atom stereocenters. The van der Waals surface area contributed by atoms with Crippen LogP contribution in [0.25, 0.3) is 0 Å². The van der Waals surface area contributed by atoms with Crippen molar-refractivity contribution in [3.8, 4) is 11.5 Å². The van der Waals surface area contributed by atoms with Gasteiger partial charge in [-0.1, -0.05) is 0 Å². The van der Waals surface area contributed by atoms with Crippen LogP contribution in [0.5, 0.6) is 11.5 Å². The molecule has 0 aliphatic heterocycles. The number of carbonyl (C=O) groups excluding carboxylic acids is 2. The van der Waals surface area contributed by atoms with Gasteiger partial charge < -0.3 is 25.6 Å². The first-order chi connectivity index (χ1) is 9.02. The van der Waals surface area contributed by atoms with Crippen molar-refractivity contribution in [2.45, 2.75) is 13.3 Å². The van der Waals surface area contributed by atoms with Gasteiger partial charge in [0.2, 0.25) is 0 Å². The van der Waals surface area contributed by atoms with Crippen LogP contribution in [0.1, 0.15) is 13.3 Å². The molecule has 0 aliphatic carbocycles. The van der Waals surface area contributed by atoms with E-state index in [0.717, 1.165) is 6.07 Å². The Morgan fingerprint density at radius 2 is 2.05 bits per heavy atom. The third kappa shape index (κ3) is 5.15. The number of phenols is 2. The molecule has 0 fully saturated rings. The standard InChI is InChI=1S/C12H16N2O5/c1-2-19-11(17)5-6-13-12(18)14-9-4-3-8(15)7-10(9)16/h3-4,7,15-16H,2,5-6H2,1H3,(H2,13,14,18). The molecule has 1 rings (SSSR count). The molecular formula is C12H16N2O5. The van der Waals surface area contributed by atoms with Crippen molar-refractivity contribution in [2.24, 2.45) is 0 Å². The number of amides is 2. The largest absolute Gasteiger partial charge is 0.508 e. The fourth-order valence-corrected chi connectivity index (χ4v) is 1.30. The summed E-state index contributed by atoms with van der Waals surface area (Å²) in [5.41, 5.74) is 0.159. The smallest absolute Gasteiger partial charge is 0.319 e. The molecule has 0 radical (unpaired) electrons. The van der Waals surface area contributed by atoms with Crippen molar-refractivity contribution in [1.29, 1.82) is 0 Å². The molecular weight excluding hydrogens is 252 g/mol. The zero-order valence-electron chi connectivity index (χ0n) is 10.5. The van der Waals surface area contributed by atoms with Crippen LogP contribution in [0.2, 0.25) is 0 Å². The lowest BCUT2D eigenvalue weighted by molar-refractivity contribution is -0.142. The average molecular weight is 268 g/mol. The maximum Gasteiger partial charge on any atom is 0.319 e. The minimum atomic E-state index is -0.565. The van der Waals surface area contributed by atoms with E-state index in [-0.39, 0.29) is 30.2 Å². The number of hydrogen-bond donors (Lipinski definition) is 4. The quantitative estimate of drug-likeness (QED) is 0.364. The number of esters is 1. The monoisotopic (exact) mass is 268 g/mol. The van der Waals surface area contributed by atoms with Crippen LogP contribution in [-0.2, 0) is 9.53 Å². The van der Waals surface area contributed by atoms with Gasteiger partial charge in [-0.2, -0.15) is 0 Å². The maximum absolute atomic E-state index is 11.4. The number of hydrogen-bond acceptors (Lipinski definition) is 5. The number of rotatable bonds is 5. The second kappa shape index (κ2) is 7.10. The molecule has 0 spiro atoms. The molecule has 0 aliphatic rings. The first kappa shape index (κ1) is 14.6. The summed E-state index contributed by atoms with van der Waals surface area (Å²) in [6, 6.07) is 3.22. The molecule has 19 heavy (non-hydrogen) atoms. The minimum Gasteiger partial charge on any atom is -0.508 e. The van der Waals surface area contributed by atoms with Crippen molar-refractivity contribution in [1.82, 2.24) is 5.32 Å². The third-order valence-corrected chi connectivity index (χ3v) is 2.15. The highest BCUT2D eigenvalue weighted by Crippen LogP contribution is 2.26. The molecule has 7 heteroatoms. The summed E-state index contributed by atoms with van der Waals surface area (Å²) in [4.78, 5) is 22.5. The van der Waals surface area contributed by atoms with Gasteiger partial charge in [-0.15, -0.1) is 0 Å². The Morgan fingerprint density at radius 1 is 1.32 bits per heavy atom. The summed E-state index contributed by atoms with van der Waals surface area (Å²) < 4.78 is 4.70. The topological polar surface area (TPSA) is 108 Å². The SMILES string of the molecule is CCOC(=O)CCNC(=O)Nc1ccc(O)cc1O. The van der Waals surface area contributed by atoms with Crippen LogP contribution < -0.4 is 10.6 Å². The molecule has 0 aromatic heterocycles. The van der Waals surface area contributed by atoms with Gasteiger partial charge in [0.25, 0.3) is 0 Å². The number of ether oxygens (including phenoxy) is 1. The van der Waals surface area contributed by atoms with Crippen molar-refractivity contribution >= 4 is 17.7 Å². The Bertz CT molecular complexity index is 461. The molecule has 2 amide bonds. The molecule has 0 unspecified atom stereocenters. The average Bonchev–Trinajstić information content (AvgIpc) is 2.33. The van der Waals surface area contributed by atoms with Crippen molar-refractivity contribution in [2.75, 3.05) is 18.5 Å². The molecule has 7 nitrogen and oxygen atoms in total. The van der Waals surface area contributed by atoms with Crippen LogP contribution >= 0.6 is 0 Å². The Balaban J connectivity index is 2.37.